The average Bonchev–Trinajstić information content (AvgIpc) is 2.91. The number of esters is 2. The highest BCUT2D eigenvalue weighted by Crippen LogP contribution is 2.34. The van der Waals surface area contributed by atoms with Crippen LogP contribution in [0, 0.1) is 0 Å². The van der Waals surface area contributed by atoms with Gasteiger partial charge in [0.25, 0.3) is 15.7 Å². The molecule has 1 N–H and O–H groups in total. The van der Waals surface area contributed by atoms with Crippen LogP contribution in [0.1, 0.15) is 25.6 Å². The van der Waals surface area contributed by atoms with Crippen molar-refractivity contribution in [3.63, 3.8) is 0 Å². The number of nitrogens with zero attached hydrogens (tertiary/aromatic N) is 1. The van der Waals surface area contributed by atoms with Crippen molar-refractivity contribution in [3.05, 3.63) is 36.7 Å². The van der Waals surface area contributed by atoms with Gasteiger partial charge in [0.2, 0.25) is 0 Å². The molecular weight excluding hydrogens is 539 g/mol. The number of rotatable bonds is 7. The third-order valence-corrected chi connectivity index (χ3v) is 4.77. The van der Waals surface area contributed by atoms with Gasteiger partial charge < -0.3 is 14.2 Å². The van der Waals surface area contributed by atoms with Gasteiger partial charge in [-0.05, 0) is 10.2 Å². The van der Waals surface area contributed by atoms with Crippen LogP contribution in [0.15, 0.2) is 19.9 Å². The highest BCUT2D eigenvalue weighted by Gasteiger charge is 2.51. The first-order valence-corrected chi connectivity index (χ1v) is 11.5. The van der Waals surface area contributed by atoms with E-state index in [1.165, 1.54) is 16.4 Å². The molecule has 0 unspecified atom stereocenters. The lowest BCUT2D eigenvalue weighted by molar-refractivity contribution is -0.155. The molecule has 0 spiro atoms. The molecule has 0 saturated carbocycles. The number of carbonyl (C=O) groups is 2. The van der Waals surface area contributed by atoms with Gasteiger partial charge >= 0.3 is 17.6 Å². The number of hydrogen-bond acceptors (Lipinski definition) is 10. The number of nitrogens with one attached hydrogen (secondary N) is 1. The van der Waals surface area contributed by atoms with Crippen LogP contribution in [0.25, 0.3) is 6.08 Å². The fourth-order valence-electron chi connectivity index (χ4n) is 2.78. The number of H-pyrrole nitrogens is 1. The maximum Gasteiger partial charge on any atom is 0.330 e. The average molecular weight is 558 g/mol. The van der Waals surface area contributed by atoms with E-state index in [0.29, 0.717) is 0 Å². The van der Waals surface area contributed by atoms with E-state index in [1.807, 2.05) is 22.6 Å². The maximum absolute atomic E-state index is 12.4. The lowest BCUT2D eigenvalue weighted by atomic mass is 10.1. The number of hydrogen-bond donors (Lipinski definition) is 1. The molecule has 12 nitrogen and oxygen atoms in total. The van der Waals surface area contributed by atoms with E-state index in [9.17, 15) is 27.6 Å². The normalized spacial score (nSPS) is 24.1. The number of aromatic nitrogens is 2. The van der Waals surface area contributed by atoms with Gasteiger partial charge in [-0.2, -0.15) is 8.42 Å². The van der Waals surface area contributed by atoms with E-state index in [1.54, 1.807) is 0 Å². The third kappa shape index (κ3) is 6.23. The predicted molar refractivity (Wildman–Crippen MR) is 110 cm³/mol. The summed E-state index contributed by atoms with van der Waals surface area (Å²) in [4.78, 5) is 49.3. The fraction of sp³-hybridized carbons (Fsp3) is 0.500. The van der Waals surface area contributed by atoms with Gasteiger partial charge in [0, 0.05) is 20.0 Å². The molecule has 0 radical (unpaired) electrons. The molecule has 30 heavy (non-hydrogen) atoms. The summed E-state index contributed by atoms with van der Waals surface area (Å²) in [7, 11) is -4.06. The van der Waals surface area contributed by atoms with Crippen molar-refractivity contribution in [1.82, 2.24) is 9.55 Å². The molecule has 1 aromatic rings. The smallest absolute Gasteiger partial charge is 0.330 e. The number of carbonyl (C=O) groups excluding carboxylic acids is 2. The minimum Gasteiger partial charge on any atom is -0.463 e. The summed E-state index contributed by atoms with van der Waals surface area (Å²) in [6, 6.07) is 0. The molecule has 1 aromatic heterocycles. The zero-order chi connectivity index (χ0) is 22.6. The third-order valence-electron chi connectivity index (χ3n) is 3.84. The van der Waals surface area contributed by atoms with Crippen molar-refractivity contribution in [3.8, 4) is 0 Å². The van der Waals surface area contributed by atoms with Crippen LogP contribution < -0.4 is 11.2 Å². The minimum atomic E-state index is -4.06. The first kappa shape index (κ1) is 24.2. The SMILES string of the molecule is CC(=O)OC[C@H]1O[C@@H](n2cc(C=CI)c(=O)[nH]c2=O)[C@H](OC(C)=O)[C@H]1OS(C)(=O)=O. The van der Waals surface area contributed by atoms with Crippen LogP contribution in [-0.4, -0.2) is 61.1 Å². The Morgan fingerprint density at radius 3 is 2.47 bits per heavy atom. The molecule has 166 valence electrons. The topological polar surface area (TPSA) is 160 Å². The van der Waals surface area contributed by atoms with Gasteiger partial charge in [-0.15, -0.1) is 0 Å². The molecule has 0 amide bonds. The van der Waals surface area contributed by atoms with Gasteiger partial charge in [-0.25, -0.2) is 4.79 Å². The molecule has 1 aliphatic heterocycles. The first-order valence-electron chi connectivity index (χ1n) is 8.39. The number of halogens is 1. The van der Waals surface area contributed by atoms with Crippen molar-refractivity contribution in [2.45, 2.75) is 38.4 Å². The highest BCUT2D eigenvalue weighted by atomic mass is 127. The van der Waals surface area contributed by atoms with Crippen molar-refractivity contribution in [2.75, 3.05) is 12.9 Å². The molecule has 2 heterocycles. The van der Waals surface area contributed by atoms with Crippen LogP contribution in [-0.2, 0) is 38.1 Å². The Labute approximate surface area is 184 Å². The Balaban J connectivity index is 2.57. The van der Waals surface area contributed by atoms with E-state index in [4.69, 9.17) is 18.4 Å². The van der Waals surface area contributed by atoms with Crippen molar-refractivity contribution in [1.29, 1.82) is 0 Å². The minimum absolute atomic E-state index is 0.0955. The second-order valence-corrected chi connectivity index (χ2v) is 8.57. The summed E-state index contributed by atoms with van der Waals surface area (Å²) in [5.41, 5.74) is -1.45. The number of aromatic amines is 1. The molecule has 2 rings (SSSR count). The van der Waals surface area contributed by atoms with Gasteiger partial charge in [0.1, 0.15) is 18.8 Å². The van der Waals surface area contributed by atoms with Crippen molar-refractivity contribution in [2.24, 2.45) is 0 Å². The quantitative estimate of drug-likeness (QED) is 0.267. The molecule has 0 bridgehead atoms. The number of ether oxygens (including phenoxy) is 3. The molecule has 0 aromatic carbocycles. The summed E-state index contributed by atoms with van der Waals surface area (Å²) in [5.74, 6) is -1.46. The van der Waals surface area contributed by atoms with Gasteiger partial charge in [0.15, 0.2) is 12.3 Å². The van der Waals surface area contributed by atoms with E-state index in [-0.39, 0.29) is 5.56 Å². The van der Waals surface area contributed by atoms with Crippen LogP contribution >= 0.6 is 22.6 Å². The van der Waals surface area contributed by atoms with E-state index in [0.717, 1.165) is 24.7 Å². The first-order chi connectivity index (χ1) is 13.9. The summed E-state index contributed by atoms with van der Waals surface area (Å²) in [5, 5.41) is 0. The molecule has 1 aliphatic rings. The monoisotopic (exact) mass is 558 g/mol. The lowest BCUT2D eigenvalue weighted by Crippen LogP contribution is -2.42. The predicted octanol–water partition coefficient (Wildman–Crippen LogP) is -0.321. The summed E-state index contributed by atoms with van der Waals surface area (Å²) in [6.45, 7) is 1.79. The van der Waals surface area contributed by atoms with Crippen LogP contribution in [0.5, 0.6) is 0 Å². The van der Waals surface area contributed by atoms with Crippen molar-refractivity contribution < 1.29 is 36.4 Å². The van der Waals surface area contributed by atoms with E-state index < -0.39 is 64.5 Å². The Kier molecular flexibility index (Phi) is 7.95. The van der Waals surface area contributed by atoms with Gasteiger partial charge in [0.05, 0.1) is 11.8 Å². The largest absolute Gasteiger partial charge is 0.463 e. The van der Waals surface area contributed by atoms with Crippen LogP contribution in [0.4, 0.5) is 0 Å². The summed E-state index contributed by atoms with van der Waals surface area (Å²) >= 11 is 1.88. The zero-order valence-electron chi connectivity index (χ0n) is 16.1. The standard InChI is InChI=1S/C16H19IN2O10S/c1-8(20)26-7-11-12(29-30(3,24)25)13(27-9(2)21)15(28-11)19-6-10(4-5-17)14(22)18-16(19)23/h4-6,11-13,15H,7H2,1-3H3,(H,18,22,23)/t11-,12+,13-,15-/m1/s1. The fourth-order valence-corrected chi connectivity index (χ4v) is 3.80. The van der Waals surface area contributed by atoms with Gasteiger partial charge in [-0.3, -0.25) is 28.1 Å². The second-order valence-electron chi connectivity index (χ2n) is 6.25. The Morgan fingerprint density at radius 2 is 1.93 bits per heavy atom. The molecule has 1 saturated heterocycles. The Morgan fingerprint density at radius 1 is 1.27 bits per heavy atom. The Bertz CT molecular complexity index is 1060. The van der Waals surface area contributed by atoms with Crippen LogP contribution in [0.3, 0.4) is 0 Å². The maximum atomic E-state index is 12.4. The van der Waals surface area contributed by atoms with Crippen LogP contribution in [0.2, 0.25) is 0 Å². The van der Waals surface area contributed by atoms with Gasteiger partial charge in [-0.1, -0.05) is 22.6 Å². The molecule has 14 heteroatoms. The molecule has 4 atom stereocenters. The molecular formula is C16H19IN2O10S. The Hall–Kier alpha value is -2.04. The molecule has 0 aliphatic carbocycles. The highest BCUT2D eigenvalue weighted by molar-refractivity contribution is 14.1. The summed E-state index contributed by atoms with van der Waals surface area (Å²) < 4.78 is 46.8. The lowest BCUT2D eigenvalue weighted by Gasteiger charge is -2.23. The summed E-state index contributed by atoms with van der Waals surface area (Å²) in [6.07, 6.45) is -2.01. The van der Waals surface area contributed by atoms with Crippen molar-refractivity contribution >= 4 is 50.7 Å². The zero-order valence-corrected chi connectivity index (χ0v) is 19.0. The second kappa shape index (κ2) is 9.84. The molecule has 1 fully saturated rings. The van der Waals surface area contributed by atoms with E-state index >= 15 is 0 Å². The van der Waals surface area contributed by atoms with E-state index in [2.05, 4.69) is 4.98 Å².